The first kappa shape index (κ1) is 15.3. The first-order chi connectivity index (χ1) is 8.30. The van der Waals surface area contributed by atoms with Crippen LogP contribution in [0.3, 0.4) is 0 Å². The predicted octanol–water partition coefficient (Wildman–Crippen LogP) is 2.94. The molecular formula is C12H14BrFO3S. The van der Waals surface area contributed by atoms with E-state index < -0.39 is 25.1 Å². The number of hydrogen-bond donors (Lipinski definition) is 0. The summed E-state index contributed by atoms with van der Waals surface area (Å²) in [6, 6.07) is 5.36. The molecule has 1 unspecified atom stereocenters. The quantitative estimate of drug-likeness (QED) is 0.613. The minimum atomic E-state index is -3.67. The van der Waals surface area contributed by atoms with Crippen molar-refractivity contribution in [2.24, 2.45) is 0 Å². The largest absolute Gasteiger partial charge is 0.291 e. The van der Waals surface area contributed by atoms with Crippen molar-refractivity contribution in [3.63, 3.8) is 0 Å². The van der Waals surface area contributed by atoms with Gasteiger partial charge in [0.1, 0.15) is 5.82 Å². The Balaban J connectivity index is 3.36. The number of halogens is 2. The zero-order valence-corrected chi connectivity index (χ0v) is 12.5. The Morgan fingerprint density at radius 1 is 1.33 bits per heavy atom. The van der Waals surface area contributed by atoms with Crippen LogP contribution in [0.1, 0.15) is 30.6 Å². The molecule has 1 atom stereocenters. The smallest absolute Gasteiger partial charge is 0.197 e. The minimum absolute atomic E-state index is 0.0380. The highest BCUT2D eigenvalue weighted by atomic mass is 79.9. The molecule has 1 aromatic rings. The maximum absolute atomic E-state index is 13.6. The van der Waals surface area contributed by atoms with Crippen LogP contribution in [0.25, 0.3) is 0 Å². The molecule has 0 radical (unpaired) electrons. The number of sulfone groups is 1. The van der Waals surface area contributed by atoms with Crippen molar-refractivity contribution >= 4 is 31.6 Å². The van der Waals surface area contributed by atoms with Crippen LogP contribution in [-0.2, 0) is 9.84 Å². The standard InChI is InChI=1S/C12H14BrFO3S/c1-3-12(13,18(16,17)4-2)11(15)9-7-5-6-8-10(9)14/h5-8H,3-4H2,1-2H3. The average molecular weight is 337 g/mol. The van der Waals surface area contributed by atoms with Gasteiger partial charge in [-0.3, -0.25) is 4.79 Å². The SMILES string of the molecule is CCC(Br)(C(=O)c1ccccc1F)S(=O)(=O)CC. The Hall–Kier alpha value is -0.750. The normalized spacial score (nSPS) is 15.1. The lowest BCUT2D eigenvalue weighted by molar-refractivity contribution is 0.0972. The van der Waals surface area contributed by atoms with Gasteiger partial charge in [0.25, 0.3) is 0 Å². The molecule has 6 heteroatoms. The van der Waals surface area contributed by atoms with Crippen molar-refractivity contribution in [3.8, 4) is 0 Å². The van der Waals surface area contributed by atoms with E-state index >= 15 is 0 Å². The summed E-state index contributed by atoms with van der Waals surface area (Å²) < 4.78 is 35.8. The number of alkyl halides is 1. The highest BCUT2D eigenvalue weighted by Gasteiger charge is 2.46. The molecule has 1 aromatic carbocycles. The van der Waals surface area contributed by atoms with Crippen molar-refractivity contribution in [1.29, 1.82) is 0 Å². The second-order valence-corrected chi connectivity index (χ2v) is 8.18. The summed E-state index contributed by atoms with van der Waals surface area (Å²) in [5.74, 6) is -1.66. The predicted molar refractivity (Wildman–Crippen MR) is 72.1 cm³/mol. The van der Waals surface area contributed by atoms with Gasteiger partial charge < -0.3 is 0 Å². The Bertz CT molecular complexity index is 556. The molecule has 0 N–H and O–H groups in total. The first-order valence-corrected chi connectivity index (χ1v) is 7.95. The molecule has 0 aliphatic heterocycles. The molecule has 0 amide bonds. The summed E-state index contributed by atoms with van der Waals surface area (Å²) in [5.41, 5.74) is -0.215. The van der Waals surface area contributed by atoms with Crippen LogP contribution in [0.15, 0.2) is 24.3 Å². The molecule has 1 rings (SSSR count). The Labute approximate surface area is 114 Å². The van der Waals surface area contributed by atoms with Crippen LogP contribution < -0.4 is 0 Å². The monoisotopic (exact) mass is 336 g/mol. The van der Waals surface area contributed by atoms with Crippen molar-refractivity contribution in [2.75, 3.05) is 5.75 Å². The average Bonchev–Trinajstić information content (AvgIpc) is 2.37. The molecule has 0 aliphatic rings. The Kier molecular flexibility index (Phi) is 4.66. The van der Waals surface area contributed by atoms with Gasteiger partial charge in [0.05, 0.1) is 5.56 Å². The molecule has 100 valence electrons. The summed E-state index contributed by atoms with van der Waals surface area (Å²) in [7, 11) is -3.67. The van der Waals surface area contributed by atoms with E-state index in [1.165, 1.54) is 25.1 Å². The number of benzene rings is 1. The molecule has 0 bridgehead atoms. The van der Waals surface area contributed by atoms with Crippen molar-refractivity contribution < 1.29 is 17.6 Å². The van der Waals surface area contributed by atoms with Gasteiger partial charge in [-0.15, -0.1) is 0 Å². The van der Waals surface area contributed by atoms with Crippen LogP contribution in [0.2, 0.25) is 0 Å². The van der Waals surface area contributed by atoms with E-state index in [9.17, 15) is 17.6 Å². The molecule has 0 aliphatic carbocycles. The zero-order valence-electron chi connectivity index (χ0n) is 10.1. The first-order valence-electron chi connectivity index (χ1n) is 5.50. The number of carbonyl (C=O) groups excluding carboxylic acids is 1. The Morgan fingerprint density at radius 2 is 1.89 bits per heavy atom. The third kappa shape index (κ3) is 2.49. The van der Waals surface area contributed by atoms with Crippen LogP contribution >= 0.6 is 15.9 Å². The minimum Gasteiger partial charge on any atom is -0.291 e. The molecule has 0 saturated heterocycles. The van der Waals surface area contributed by atoms with Crippen molar-refractivity contribution in [3.05, 3.63) is 35.6 Å². The number of carbonyl (C=O) groups is 1. The molecule has 0 heterocycles. The van der Waals surface area contributed by atoms with Gasteiger partial charge in [-0.25, -0.2) is 12.8 Å². The fourth-order valence-corrected chi connectivity index (χ4v) is 3.79. The summed E-state index contributed by atoms with van der Waals surface area (Å²) in [5, 5.41) is 0. The summed E-state index contributed by atoms with van der Waals surface area (Å²) >= 11 is 3.00. The van der Waals surface area contributed by atoms with E-state index in [1.54, 1.807) is 6.92 Å². The lowest BCUT2D eigenvalue weighted by atomic mass is 10.1. The fraction of sp³-hybridized carbons (Fsp3) is 0.417. The van der Waals surface area contributed by atoms with Crippen LogP contribution in [0.4, 0.5) is 4.39 Å². The maximum Gasteiger partial charge on any atom is 0.197 e. The molecule has 0 saturated carbocycles. The lowest BCUT2D eigenvalue weighted by Crippen LogP contribution is -2.41. The van der Waals surface area contributed by atoms with Crippen LogP contribution in [0.5, 0.6) is 0 Å². The second kappa shape index (κ2) is 5.48. The van der Waals surface area contributed by atoms with E-state index in [0.29, 0.717) is 0 Å². The van der Waals surface area contributed by atoms with Gasteiger partial charge in [-0.1, -0.05) is 41.9 Å². The van der Waals surface area contributed by atoms with Gasteiger partial charge in [0.2, 0.25) is 0 Å². The third-order valence-electron chi connectivity index (χ3n) is 2.79. The van der Waals surface area contributed by atoms with Gasteiger partial charge in [0.15, 0.2) is 19.3 Å². The van der Waals surface area contributed by atoms with E-state index in [4.69, 9.17) is 0 Å². The van der Waals surface area contributed by atoms with Crippen LogP contribution in [0, 0.1) is 5.82 Å². The zero-order chi connectivity index (χ0) is 14.0. The summed E-state index contributed by atoms with van der Waals surface area (Å²) in [4.78, 5) is 12.3. The third-order valence-corrected chi connectivity index (χ3v) is 7.41. The van der Waals surface area contributed by atoms with Crippen molar-refractivity contribution in [1.82, 2.24) is 0 Å². The van der Waals surface area contributed by atoms with E-state index in [1.807, 2.05) is 0 Å². The van der Waals surface area contributed by atoms with Crippen LogP contribution in [-0.4, -0.2) is 23.6 Å². The topological polar surface area (TPSA) is 51.2 Å². The van der Waals surface area contributed by atoms with E-state index in [-0.39, 0.29) is 17.7 Å². The molecule has 0 fully saturated rings. The highest BCUT2D eigenvalue weighted by molar-refractivity contribution is 9.12. The maximum atomic E-state index is 13.6. The van der Waals surface area contributed by atoms with E-state index in [2.05, 4.69) is 15.9 Å². The van der Waals surface area contributed by atoms with Crippen molar-refractivity contribution in [2.45, 2.75) is 23.9 Å². The van der Waals surface area contributed by atoms with Gasteiger partial charge in [-0.05, 0) is 18.6 Å². The number of Topliss-reactive ketones (excluding diaryl/α,β-unsaturated/α-hetero) is 1. The molecule has 0 spiro atoms. The summed E-state index contributed by atoms with van der Waals surface area (Å²) in [6.07, 6.45) is 0.0380. The Morgan fingerprint density at radius 3 is 2.33 bits per heavy atom. The molecule has 3 nitrogen and oxygen atoms in total. The highest BCUT2D eigenvalue weighted by Crippen LogP contribution is 2.34. The fourth-order valence-electron chi connectivity index (χ4n) is 1.60. The number of ketones is 1. The summed E-state index contributed by atoms with van der Waals surface area (Å²) in [6.45, 7) is 3.02. The lowest BCUT2D eigenvalue weighted by Gasteiger charge is -2.24. The number of rotatable bonds is 5. The van der Waals surface area contributed by atoms with Gasteiger partial charge >= 0.3 is 0 Å². The number of hydrogen-bond acceptors (Lipinski definition) is 3. The molecular weight excluding hydrogens is 323 g/mol. The van der Waals surface area contributed by atoms with Gasteiger partial charge in [0, 0.05) is 5.75 Å². The van der Waals surface area contributed by atoms with Gasteiger partial charge in [-0.2, -0.15) is 0 Å². The molecule has 18 heavy (non-hydrogen) atoms. The van der Waals surface area contributed by atoms with E-state index in [0.717, 1.165) is 6.07 Å². The molecule has 0 aromatic heterocycles. The second-order valence-electron chi connectivity index (χ2n) is 3.79.